The van der Waals surface area contributed by atoms with Crippen molar-refractivity contribution in [3.63, 3.8) is 0 Å². The first-order valence-electron chi connectivity index (χ1n) is 8.70. The molecule has 21 heavy (non-hydrogen) atoms. The van der Waals surface area contributed by atoms with Gasteiger partial charge < -0.3 is 15.0 Å². The molecule has 0 aromatic heterocycles. The lowest BCUT2D eigenvalue weighted by Crippen LogP contribution is -2.44. The molecule has 0 aliphatic rings. The van der Waals surface area contributed by atoms with Gasteiger partial charge in [0, 0.05) is 12.6 Å². The zero-order chi connectivity index (χ0) is 16.1. The molecule has 0 rings (SSSR count). The van der Waals surface area contributed by atoms with E-state index in [-0.39, 0.29) is 12.0 Å². The van der Waals surface area contributed by atoms with Gasteiger partial charge in [-0.2, -0.15) is 0 Å². The summed E-state index contributed by atoms with van der Waals surface area (Å²) in [6.07, 6.45) is 5.71. The molecule has 0 aromatic carbocycles. The normalized spacial score (nSPS) is 12.9. The second-order valence-corrected chi connectivity index (χ2v) is 5.96. The molecule has 0 saturated heterocycles. The highest BCUT2D eigenvalue weighted by molar-refractivity contribution is 5.75. The van der Waals surface area contributed by atoms with Gasteiger partial charge in [0.1, 0.15) is 6.04 Å². The Morgan fingerprint density at radius 2 is 1.62 bits per heavy atom. The topological polar surface area (TPSA) is 41.6 Å². The van der Waals surface area contributed by atoms with Crippen molar-refractivity contribution in [3.05, 3.63) is 0 Å². The minimum absolute atomic E-state index is 0.114. The van der Waals surface area contributed by atoms with Crippen molar-refractivity contribution < 1.29 is 9.53 Å². The van der Waals surface area contributed by atoms with E-state index in [0.29, 0.717) is 12.6 Å². The Kier molecular flexibility index (Phi) is 12.7. The summed E-state index contributed by atoms with van der Waals surface area (Å²) in [5, 5.41) is 3.33. The van der Waals surface area contributed by atoms with E-state index < -0.39 is 0 Å². The smallest absolute Gasteiger partial charge is 0.323 e. The number of carbonyl (C=O) groups excluding carboxylic acids is 1. The summed E-state index contributed by atoms with van der Waals surface area (Å²) in [5.74, 6) is -0.114. The zero-order valence-corrected chi connectivity index (χ0v) is 14.8. The van der Waals surface area contributed by atoms with Crippen molar-refractivity contribution in [3.8, 4) is 0 Å². The quantitative estimate of drug-likeness (QED) is 0.530. The van der Waals surface area contributed by atoms with Gasteiger partial charge in [-0.3, -0.25) is 4.79 Å². The van der Waals surface area contributed by atoms with Crippen molar-refractivity contribution >= 4 is 5.97 Å². The van der Waals surface area contributed by atoms with E-state index in [1.54, 1.807) is 0 Å². The van der Waals surface area contributed by atoms with Crippen LogP contribution in [0.1, 0.15) is 66.7 Å². The van der Waals surface area contributed by atoms with Crippen LogP contribution in [0.25, 0.3) is 0 Å². The Morgan fingerprint density at radius 1 is 1.05 bits per heavy atom. The highest BCUT2D eigenvalue weighted by Gasteiger charge is 2.21. The Morgan fingerprint density at radius 3 is 2.05 bits per heavy atom. The van der Waals surface area contributed by atoms with Gasteiger partial charge in [0.25, 0.3) is 0 Å². The molecule has 0 bridgehead atoms. The van der Waals surface area contributed by atoms with Crippen LogP contribution in [-0.4, -0.2) is 49.2 Å². The van der Waals surface area contributed by atoms with E-state index in [0.717, 1.165) is 26.1 Å². The number of hydrogen-bond donors (Lipinski definition) is 1. The number of carbonyl (C=O) groups is 1. The maximum absolute atomic E-state index is 12.0. The molecular formula is C17H36N2O2. The lowest BCUT2D eigenvalue weighted by Gasteiger charge is -2.25. The SMILES string of the molecule is CCCCN(CCCC)CCC(NC(C)C)C(=O)OCC. The third kappa shape index (κ3) is 10.7. The number of hydrogen-bond acceptors (Lipinski definition) is 4. The van der Waals surface area contributed by atoms with Crippen LogP contribution in [0.15, 0.2) is 0 Å². The maximum atomic E-state index is 12.0. The van der Waals surface area contributed by atoms with Crippen molar-refractivity contribution in [1.82, 2.24) is 10.2 Å². The Hall–Kier alpha value is -0.610. The summed E-state index contributed by atoms with van der Waals surface area (Å²) in [6, 6.07) is 0.106. The Labute approximate surface area is 131 Å². The maximum Gasteiger partial charge on any atom is 0.323 e. The molecule has 1 N–H and O–H groups in total. The van der Waals surface area contributed by atoms with Gasteiger partial charge in [-0.1, -0.05) is 40.5 Å². The second kappa shape index (κ2) is 13.1. The monoisotopic (exact) mass is 300 g/mol. The van der Waals surface area contributed by atoms with Crippen LogP contribution in [0.4, 0.5) is 0 Å². The van der Waals surface area contributed by atoms with Gasteiger partial charge in [-0.15, -0.1) is 0 Å². The molecule has 0 saturated carbocycles. The molecule has 0 spiro atoms. The number of ether oxygens (including phenoxy) is 1. The second-order valence-electron chi connectivity index (χ2n) is 5.96. The highest BCUT2D eigenvalue weighted by atomic mass is 16.5. The molecule has 1 atom stereocenters. The number of esters is 1. The van der Waals surface area contributed by atoms with E-state index >= 15 is 0 Å². The van der Waals surface area contributed by atoms with Crippen LogP contribution in [0.5, 0.6) is 0 Å². The number of unbranched alkanes of at least 4 members (excludes halogenated alkanes) is 2. The largest absolute Gasteiger partial charge is 0.465 e. The van der Waals surface area contributed by atoms with E-state index in [2.05, 4.69) is 37.9 Å². The number of nitrogens with one attached hydrogen (secondary N) is 1. The molecule has 126 valence electrons. The van der Waals surface area contributed by atoms with Crippen LogP contribution in [0, 0.1) is 0 Å². The molecule has 4 nitrogen and oxygen atoms in total. The van der Waals surface area contributed by atoms with Crippen molar-refractivity contribution in [2.75, 3.05) is 26.2 Å². The van der Waals surface area contributed by atoms with Crippen LogP contribution < -0.4 is 5.32 Å². The fourth-order valence-electron chi connectivity index (χ4n) is 2.32. The Bertz CT molecular complexity index is 249. The van der Waals surface area contributed by atoms with Gasteiger partial charge in [-0.25, -0.2) is 0 Å². The lowest BCUT2D eigenvalue weighted by molar-refractivity contribution is -0.146. The zero-order valence-electron chi connectivity index (χ0n) is 14.8. The first-order chi connectivity index (χ1) is 10.0. The van der Waals surface area contributed by atoms with E-state index in [9.17, 15) is 4.79 Å². The fraction of sp³-hybridized carbons (Fsp3) is 0.941. The van der Waals surface area contributed by atoms with Crippen LogP contribution in [0.2, 0.25) is 0 Å². The summed E-state index contributed by atoms with van der Waals surface area (Å²) in [5.41, 5.74) is 0. The summed E-state index contributed by atoms with van der Waals surface area (Å²) >= 11 is 0. The Balaban J connectivity index is 4.38. The molecule has 0 fully saturated rings. The minimum Gasteiger partial charge on any atom is -0.465 e. The van der Waals surface area contributed by atoms with Crippen molar-refractivity contribution in [2.45, 2.75) is 78.8 Å². The van der Waals surface area contributed by atoms with Crippen LogP contribution in [0.3, 0.4) is 0 Å². The van der Waals surface area contributed by atoms with Gasteiger partial charge in [0.15, 0.2) is 0 Å². The van der Waals surface area contributed by atoms with Crippen molar-refractivity contribution in [2.24, 2.45) is 0 Å². The molecule has 0 aliphatic carbocycles. The molecule has 0 aliphatic heterocycles. The summed E-state index contributed by atoms with van der Waals surface area (Å²) in [7, 11) is 0. The average molecular weight is 300 g/mol. The highest BCUT2D eigenvalue weighted by Crippen LogP contribution is 2.05. The van der Waals surface area contributed by atoms with Gasteiger partial charge in [0.05, 0.1) is 6.61 Å². The van der Waals surface area contributed by atoms with E-state index in [1.165, 1.54) is 25.7 Å². The molecule has 1 unspecified atom stereocenters. The molecule has 0 aromatic rings. The minimum atomic E-state index is -0.185. The number of nitrogens with zero attached hydrogens (tertiary/aromatic N) is 1. The van der Waals surface area contributed by atoms with Gasteiger partial charge >= 0.3 is 5.97 Å². The fourth-order valence-corrected chi connectivity index (χ4v) is 2.32. The summed E-state index contributed by atoms with van der Waals surface area (Å²) < 4.78 is 5.18. The standard InChI is InChI=1S/C17H36N2O2/c1-6-9-12-19(13-10-7-2)14-11-16(18-15(4)5)17(20)21-8-3/h15-16,18H,6-14H2,1-5H3. The summed E-state index contributed by atoms with van der Waals surface area (Å²) in [4.78, 5) is 14.5. The molecule has 4 heteroatoms. The molecule has 0 heterocycles. The summed E-state index contributed by atoms with van der Waals surface area (Å²) in [6.45, 7) is 14.1. The first kappa shape index (κ1) is 20.4. The third-order valence-corrected chi connectivity index (χ3v) is 3.50. The van der Waals surface area contributed by atoms with Gasteiger partial charge in [-0.05, 0) is 39.3 Å². The average Bonchev–Trinajstić information content (AvgIpc) is 2.44. The van der Waals surface area contributed by atoms with E-state index in [4.69, 9.17) is 4.74 Å². The number of rotatable bonds is 13. The molecule has 0 radical (unpaired) electrons. The predicted molar refractivity (Wildman–Crippen MR) is 89.6 cm³/mol. The van der Waals surface area contributed by atoms with Gasteiger partial charge in [0.2, 0.25) is 0 Å². The van der Waals surface area contributed by atoms with Crippen LogP contribution in [-0.2, 0) is 9.53 Å². The van der Waals surface area contributed by atoms with E-state index in [1.807, 2.05) is 6.92 Å². The van der Waals surface area contributed by atoms with Crippen LogP contribution >= 0.6 is 0 Å². The predicted octanol–water partition coefficient (Wildman–Crippen LogP) is 3.21. The first-order valence-corrected chi connectivity index (χ1v) is 8.70. The molecular weight excluding hydrogens is 264 g/mol. The van der Waals surface area contributed by atoms with Crippen molar-refractivity contribution in [1.29, 1.82) is 0 Å². The third-order valence-electron chi connectivity index (χ3n) is 3.50. The lowest BCUT2D eigenvalue weighted by atomic mass is 10.1. The molecule has 0 amide bonds.